The topological polar surface area (TPSA) is 3.24 Å². The standard InChI is InChI=1S/C48H31NS2/c1-3-11-32(12-4-1)34-21-25-37(26-22-34)49(38-27-23-35(24-28-38)33-13-5-2-6-14-33)39-16-9-15-36(31-39)40-18-10-20-44-46(40)47-45(50-44)30-29-42-41-17-7-8-19-43(41)51-48(42)47/h1-31H. The van der Waals surface area contributed by atoms with Gasteiger partial charge in [0.05, 0.1) is 0 Å². The summed E-state index contributed by atoms with van der Waals surface area (Å²) in [4.78, 5) is 2.38. The summed E-state index contributed by atoms with van der Waals surface area (Å²) in [6.45, 7) is 0. The van der Waals surface area contributed by atoms with Gasteiger partial charge in [0.1, 0.15) is 0 Å². The molecule has 0 aliphatic rings. The molecule has 240 valence electrons. The van der Waals surface area contributed by atoms with Gasteiger partial charge in [-0.2, -0.15) is 0 Å². The van der Waals surface area contributed by atoms with Gasteiger partial charge in [-0.1, -0.05) is 133 Å². The Labute approximate surface area is 304 Å². The first-order chi connectivity index (χ1) is 25.3. The first kappa shape index (κ1) is 29.9. The molecular formula is C48H31NS2. The lowest BCUT2D eigenvalue weighted by atomic mass is 9.98. The Morgan fingerprint density at radius 1 is 0.314 bits per heavy atom. The molecule has 3 heteroatoms. The number of rotatable bonds is 6. The molecule has 0 fully saturated rings. The van der Waals surface area contributed by atoms with Crippen LogP contribution in [0.2, 0.25) is 0 Å². The minimum atomic E-state index is 1.12. The number of thiophene rings is 2. The molecule has 0 N–H and O–H groups in total. The summed E-state index contributed by atoms with van der Waals surface area (Å²) >= 11 is 3.81. The van der Waals surface area contributed by atoms with Crippen molar-refractivity contribution in [1.82, 2.24) is 0 Å². The van der Waals surface area contributed by atoms with Crippen LogP contribution >= 0.6 is 22.7 Å². The second kappa shape index (κ2) is 12.4. The third-order valence-electron chi connectivity index (χ3n) is 9.89. The molecule has 2 heterocycles. The van der Waals surface area contributed by atoms with Crippen molar-refractivity contribution in [2.24, 2.45) is 0 Å². The zero-order valence-electron chi connectivity index (χ0n) is 27.7. The van der Waals surface area contributed by atoms with E-state index in [9.17, 15) is 0 Å². The van der Waals surface area contributed by atoms with Crippen molar-refractivity contribution in [3.63, 3.8) is 0 Å². The maximum absolute atomic E-state index is 2.38. The molecule has 0 radical (unpaired) electrons. The van der Waals surface area contributed by atoms with Crippen LogP contribution in [0, 0.1) is 0 Å². The van der Waals surface area contributed by atoms with Crippen LogP contribution in [0.25, 0.3) is 73.7 Å². The van der Waals surface area contributed by atoms with Crippen molar-refractivity contribution in [3.8, 4) is 33.4 Å². The fourth-order valence-corrected chi connectivity index (χ4v) is 9.91. The first-order valence-corrected chi connectivity index (χ1v) is 18.9. The Morgan fingerprint density at radius 3 is 1.55 bits per heavy atom. The number of fused-ring (bicyclic) bond motifs is 7. The third-order valence-corrected chi connectivity index (χ3v) is 12.2. The highest BCUT2D eigenvalue weighted by Crippen LogP contribution is 2.48. The molecule has 1 nitrogen and oxygen atoms in total. The molecule has 51 heavy (non-hydrogen) atoms. The van der Waals surface area contributed by atoms with Crippen LogP contribution in [0.4, 0.5) is 17.1 Å². The Hall–Kier alpha value is -6.00. The fraction of sp³-hybridized carbons (Fsp3) is 0. The van der Waals surface area contributed by atoms with E-state index >= 15 is 0 Å². The van der Waals surface area contributed by atoms with Crippen LogP contribution in [0.15, 0.2) is 188 Å². The van der Waals surface area contributed by atoms with Crippen molar-refractivity contribution in [2.45, 2.75) is 0 Å². The minimum Gasteiger partial charge on any atom is -0.310 e. The smallest absolute Gasteiger partial charge is 0.0467 e. The molecule has 10 aromatic rings. The predicted octanol–water partition coefficient (Wildman–Crippen LogP) is 14.9. The number of hydrogen-bond donors (Lipinski definition) is 0. The maximum atomic E-state index is 2.38. The lowest BCUT2D eigenvalue weighted by molar-refractivity contribution is 1.28. The van der Waals surface area contributed by atoms with Gasteiger partial charge in [-0.15, -0.1) is 22.7 Å². The summed E-state index contributed by atoms with van der Waals surface area (Å²) in [7, 11) is 0. The molecule has 10 rings (SSSR count). The Balaban J connectivity index is 1.13. The molecule has 0 spiro atoms. The van der Waals surface area contributed by atoms with E-state index in [0.29, 0.717) is 0 Å². The average Bonchev–Trinajstić information content (AvgIpc) is 3.78. The van der Waals surface area contributed by atoms with E-state index in [1.165, 1.54) is 73.7 Å². The van der Waals surface area contributed by atoms with E-state index in [2.05, 4.69) is 193 Å². The van der Waals surface area contributed by atoms with Crippen LogP contribution in [-0.4, -0.2) is 0 Å². The Morgan fingerprint density at radius 2 is 0.863 bits per heavy atom. The molecular weight excluding hydrogens is 655 g/mol. The summed E-state index contributed by atoms with van der Waals surface area (Å²) in [5.74, 6) is 0. The van der Waals surface area contributed by atoms with E-state index in [1.807, 2.05) is 22.7 Å². The molecule has 0 saturated heterocycles. The second-order valence-electron chi connectivity index (χ2n) is 12.9. The summed E-state index contributed by atoms with van der Waals surface area (Å²) in [5, 5.41) is 5.40. The largest absolute Gasteiger partial charge is 0.310 e. The van der Waals surface area contributed by atoms with Gasteiger partial charge in [0.25, 0.3) is 0 Å². The van der Waals surface area contributed by atoms with E-state index < -0.39 is 0 Å². The number of anilines is 3. The van der Waals surface area contributed by atoms with Crippen molar-refractivity contribution in [2.75, 3.05) is 4.90 Å². The highest BCUT2D eigenvalue weighted by atomic mass is 32.1. The molecule has 0 saturated carbocycles. The summed E-state index contributed by atoms with van der Waals surface area (Å²) in [5.41, 5.74) is 10.7. The van der Waals surface area contributed by atoms with Gasteiger partial charge >= 0.3 is 0 Å². The van der Waals surface area contributed by atoms with Crippen molar-refractivity contribution < 1.29 is 0 Å². The zero-order valence-corrected chi connectivity index (χ0v) is 29.3. The molecule has 2 aromatic heterocycles. The monoisotopic (exact) mass is 685 g/mol. The average molecular weight is 686 g/mol. The molecule has 0 amide bonds. The third kappa shape index (κ3) is 5.21. The lowest BCUT2D eigenvalue weighted by Crippen LogP contribution is -2.10. The maximum Gasteiger partial charge on any atom is 0.0467 e. The zero-order chi connectivity index (χ0) is 33.7. The Kier molecular flexibility index (Phi) is 7.26. The molecule has 8 aromatic carbocycles. The number of hydrogen-bond acceptors (Lipinski definition) is 3. The van der Waals surface area contributed by atoms with E-state index in [4.69, 9.17) is 0 Å². The van der Waals surface area contributed by atoms with Crippen molar-refractivity contribution in [1.29, 1.82) is 0 Å². The second-order valence-corrected chi connectivity index (χ2v) is 15.0. The van der Waals surface area contributed by atoms with Gasteiger partial charge in [0.2, 0.25) is 0 Å². The summed E-state index contributed by atoms with van der Waals surface area (Å²) in [6.07, 6.45) is 0. The van der Waals surface area contributed by atoms with Crippen molar-refractivity contribution >= 4 is 80.1 Å². The Bertz CT molecular complexity index is 2750. The van der Waals surface area contributed by atoms with Crippen LogP contribution in [0.1, 0.15) is 0 Å². The molecule has 0 aliphatic carbocycles. The van der Waals surface area contributed by atoms with Gasteiger partial charge in [-0.05, 0) is 88.0 Å². The van der Waals surface area contributed by atoms with E-state index in [1.54, 1.807) is 0 Å². The summed E-state index contributed by atoms with van der Waals surface area (Å²) in [6, 6.07) is 68.4. The van der Waals surface area contributed by atoms with Crippen LogP contribution in [0.5, 0.6) is 0 Å². The van der Waals surface area contributed by atoms with Gasteiger partial charge in [-0.25, -0.2) is 0 Å². The predicted molar refractivity (Wildman–Crippen MR) is 223 cm³/mol. The van der Waals surface area contributed by atoms with Crippen molar-refractivity contribution in [3.05, 3.63) is 188 Å². The first-order valence-electron chi connectivity index (χ1n) is 17.3. The van der Waals surface area contributed by atoms with Gasteiger partial charge in [0, 0.05) is 57.4 Å². The van der Waals surface area contributed by atoms with E-state index in [-0.39, 0.29) is 0 Å². The quantitative estimate of drug-likeness (QED) is 0.168. The molecule has 0 bridgehead atoms. The lowest BCUT2D eigenvalue weighted by Gasteiger charge is -2.26. The molecule has 0 atom stereocenters. The van der Waals surface area contributed by atoms with Gasteiger partial charge in [0.15, 0.2) is 0 Å². The van der Waals surface area contributed by atoms with Gasteiger partial charge in [-0.3, -0.25) is 0 Å². The van der Waals surface area contributed by atoms with Crippen LogP contribution in [-0.2, 0) is 0 Å². The number of benzene rings is 8. The highest BCUT2D eigenvalue weighted by molar-refractivity contribution is 7.29. The van der Waals surface area contributed by atoms with E-state index in [0.717, 1.165) is 17.1 Å². The fourth-order valence-electron chi connectivity index (χ4n) is 7.45. The van der Waals surface area contributed by atoms with Crippen LogP contribution in [0.3, 0.4) is 0 Å². The number of nitrogens with zero attached hydrogens (tertiary/aromatic N) is 1. The molecule has 0 unspecified atom stereocenters. The SMILES string of the molecule is c1ccc(-c2ccc(N(c3ccc(-c4ccccc4)cc3)c3cccc(-c4cccc5sc6ccc7c8ccccc8sc7c6c45)c3)cc2)cc1. The normalized spacial score (nSPS) is 11.5. The summed E-state index contributed by atoms with van der Waals surface area (Å²) < 4.78 is 5.38. The van der Waals surface area contributed by atoms with Gasteiger partial charge < -0.3 is 4.90 Å². The molecule has 0 aliphatic heterocycles. The minimum absolute atomic E-state index is 1.12. The highest BCUT2D eigenvalue weighted by Gasteiger charge is 2.18. The van der Waals surface area contributed by atoms with Crippen LogP contribution < -0.4 is 4.90 Å².